The number of carbonyl (C=O) groups is 3. The van der Waals surface area contributed by atoms with Gasteiger partial charge in [-0.15, -0.1) is 0 Å². The first-order valence-electron chi connectivity index (χ1n) is 9.18. The number of halogens is 2. The summed E-state index contributed by atoms with van der Waals surface area (Å²) in [5, 5.41) is 6.45. The van der Waals surface area contributed by atoms with Gasteiger partial charge >= 0.3 is 12.0 Å². The highest BCUT2D eigenvalue weighted by Crippen LogP contribution is 2.37. The van der Waals surface area contributed by atoms with Gasteiger partial charge in [0.15, 0.2) is 0 Å². The number of nitrogens with zero attached hydrogens (tertiary/aromatic N) is 1. The summed E-state index contributed by atoms with van der Waals surface area (Å²) in [7, 11) is 0. The molecule has 9 heteroatoms. The second kappa shape index (κ2) is 8.38. The Bertz CT molecular complexity index is 1070. The Kier molecular flexibility index (Phi) is 5.65. The summed E-state index contributed by atoms with van der Waals surface area (Å²) in [4.78, 5) is 38.8. The van der Waals surface area contributed by atoms with E-state index in [1.807, 2.05) is 6.07 Å². The summed E-state index contributed by atoms with van der Waals surface area (Å²) in [6.45, 7) is -0.126. The molecule has 4 rings (SSSR count). The highest BCUT2D eigenvalue weighted by atomic mass is 35.5. The monoisotopic (exact) mass is 445 g/mol. The van der Waals surface area contributed by atoms with Gasteiger partial charge in [0, 0.05) is 16.6 Å². The van der Waals surface area contributed by atoms with Crippen LogP contribution in [0.1, 0.15) is 17.2 Å². The van der Waals surface area contributed by atoms with Crippen molar-refractivity contribution in [3.05, 3.63) is 81.0 Å². The van der Waals surface area contributed by atoms with Gasteiger partial charge < -0.3 is 15.4 Å². The fourth-order valence-corrected chi connectivity index (χ4v) is 3.90. The summed E-state index contributed by atoms with van der Waals surface area (Å²) in [5.41, 5.74) is 1.98. The van der Waals surface area contributed by atoms with Crippen molar-refractivity contribution in [2.75, 3.05) is 13.2 Å². The van der Waals surface area contributed by atoms with Gasteiger partial charge in [0.25, 0.3) is 0 Å². The number of amides is 3. The van der Waals surface area contributed by atoms with Crippen LogP contribution in [0, 0.1) is 0 Å². The smallest absolute Gasteiger partial charge is 0.338 e. The van der Waals surface area contributed by atoms with Crippen LogP contribution in [-0.4, -0.2) is 36.0 Å². The standard InChI is InChI=1S/C21H17Cl2N3O4/c22-14-7-3-1-5-12(14)9-24-17(27)10-26-16-11-30-20(28)18(16)19(25-21(26)29)13-6-2-4-8-15(13)23/h1-8,19H,9-11H2,(H,24,27)(H,25,29). The van der Waals surface area contributed by atoms with Crippen LogP contribution in [0.15, 0.2) is 59.8 Å². The molecular weight excluding hydrogens is 429 g/mol. The van der Waals surface area contributed by atoms with E-state index in [1.54, 1.807) is 42.5 Å². The Morgan fingerprint density at radius 1 is 1.10 bits per heavy atom. The Morgan fingerprint density at radius 3 is 2.53 bits per heavy atom. The van der Waals surface area contributed by atoms with Gasteiger partial charge in [0.05, 0.1) is 17.3 Å². The van der Waals surface area contributed by atoms with E-state index in [-0.39, 0.29) is 25.3 Å². The molecule has 2 aromatic rings. The maximum absolute atomic E-state index is 12.8. The van der Waals surface area contributed by atoms with Crippen molar-refractivity contribution in [3.63, 3.8) is 0 Å². The molecule has 3 amide bonds. The molecule has 2 aliphatic heterocycles. The topological polar surface area (TPSA) is 87.7 Å². The van der Waals surface area contributed by atoms with Crippen LogP contribution in [-0.2, 0) is 20.9 Å². The maximum atomic E-state index is 12.8. The van der Waals surface area contributed by atoms with Gasteiger partial charge in [-0.2, -0.15) is 0 Å². The molecule has 1 atom stereocenters. The third-order valence-corrected chi connectivity index (χ3v) is 5.66. The van der Waals surface area contributed by atoms with Crippen molar-refractivity contribution >= 4 is 41.1 Å². The van der Waals surface area contributed by atoms with E-state index in [1.165, 1.54) is 4.90 Å². The lowest BCUT2D eigenvalue weighted by Crippen LogP contribution is -2.50. The van der Waals surface area contributed by atoms with E-state index in [0.29, 0.717) is 21.3 Å². The normalized spacial score (nSPS) is 18.1. The summed E-state index contributed by atoms with van der Waals surface area (Å²) in [5.74, 6) is -0.941. The fraction of sp³-hybridized carbons (Fsp3) is 0.190. The number of benzene rings is 2. The largest absolute Gasteiger partial charge is 0.456 e. The number of carbonyl (C=O) groups excluding carboxylic acids is 3. The highest BCUT2D eigenvalue weighted by Gasteiger charge is 2.43. The lowest BCUT2D eigenvalue weighted by molar-refractivity contribution is -0.136. The molecule has 0 saturated carbocycles. The Hall–Kier alpha value is -3.03. The van der Waals surface area contributed by atoms with Gasteiger partial charge in [0.1, 0.15) is 13.2 Å². The average Bonchev–Trinajstić information content (AvgIpc) is 3.11. The van der Waals surface area contributed by atoms with Crippen LogP contribution in [0.5, 0.6) is 0 Å². The predicted molar refractivity (Wildman–Crippen MR) is 111 cm³/mol. The van der Waals surface area contributed by atoms with Crippen molar-refractivity contribution in [1.82, 2.24) is 15.5 Å². The van der Waals surface area contributed by atoms with Crippen LogP contribution in [0.3, 0.4) is 0 Å². The second-order valence-corrected chi connectivity index (χ2v) is 7.61. The number of rotatable bonds is 5. The van der Waals surface area contributed by atoms with Crippen molar-refractivity contribution in [2.24, 2.45) is 0 Å². The molecule has 2 aromatic carbocycles. The number of esters is 1. The lowest BCUT2D eigenvalue weighted by Gasteiger charge is -2.32. The molecule has 30 heavy (non-hydrogen) atoms. The molecule has 0 aliphatic carbocycles. The molecular formula is C21H17Cl2N3O4. The van der Waals surface area contributed by atoms with Crippen molar-refractivity contribution in [2.45, 2.75) is 12.6 Å². The number of hydrogen-bond acceptors (Lipinski definition) is 4. The van der Waals surface area contributed by atoms with Gasteiger partial charge in [-0.05, 0) is 23.3 Å². The minimum atomic E-state index is -0.737. The van der Waals surface area contributed by atoms with Crippen LogP contribution < -0.4 is 10.6 Å². The number of nitrogens with one attached hydrogen (secondary N) is 2. The summed E-state index contributed by atoms with van der Waals surface area (Å²) in [6.07, 6.45) is 0. The molecule has 0 fully saturated rings. The molecule has 7 nitrogen and oxygen atoms in total. The molecule has 1 unspecified atom stereocenters. The predicted octanol–water partition coefficient (Wildman–Crippen LogP) is 3.19. The minimum absolute atomic E-state index is 0.0830. The van der Waals surface area contributed by atoms with Gasteiger partial charge in [-0.25, -0.2) is 9.59 Å². The summed E-state index contributed by atoms with van der Waals surface area (Å²) in [6, 6.07) is 12.8. The second-order valence-electron chi connectivity index (χ2n) is 6.79. The lowest BCUT2D eigenvalue weighted by atomic mass is 9.95. The van der Waals surface area contributed by atoms with Gasteiger partial charge in [0.2, 0.25) is 5.91 Å². The highest BCUT2D eigenvalue weighted by molar-refractivity contribution is 6.31. The molecule has 2 heterocycles. The quantitative estimate of drug-likeness (QED) is 0.691. The zero-order valence-corrected chi connectivity index (χ0v) is 17.2. The fourth-order valence-electron chi connectivity index (χ4n) is 3.46. The van der Waals surface area contributed by atoms with E-state index in [9.17, 15) is 14.4 Å². The first kappa shape index (κ1) is 20.3. The number of hydrogen-bond donors (Lipinski definition) is 2. The first-order valence-corrected chi connectivity index (χ1v) is 9.94. The molecule has 0 saturated heterocycles. The SMILES string of the molecule is O=C(CN1C(=O)NC(c2ccccc2Cl)C2=C1COC2=O)NCc1ccccc1Cl. The van der Waals surface area contributed by atoms with Gasteiger partial charge in [-0.1, -0.05) is 59.6 Å². The maximum Gasteiger partial charge on any atom is 0.338 e. The minimum Gasteiger partial charge on any atom is -0.456 e. The summed E-state index contributed by atoms with van der Waals surface area (Å²) >= 11 is 12.4. The molecule has 0 bridgehead atoms. The molecule has 2 N–H and O–H groups in total. The number of cyclic esters (lactones) is 1. The van der Waals surface area contributed by atoms with Crippen molar-refractivity contribution < 1.29 is 19.1 Å². The zero-order valence-electron chi connectivity index (χ0n) is 15.7. The first-order chi connectivity index (χ1) is 14.5. The molecule has 0 spiro atoms. The van der Waals surface area contributed by atoms with E-state index in [2.05, 4.69) is 10.6 Å². The van der Waals surface area contributed by atoms with Gasteiger partial charge in [-0.3, -0.25) is 9.69 Å². The molecule has 0 aromatic heterocycles. The van der Waals surface area contributed by atoms with Crippen LogP contribution in [0.2, 0.25) is 10.0 Å². The van der Waals surface area contributed by atoms with Crippen LogP contribution >= 0.6 is 23.2 Å². The Balaban J connectivity index is 1.54. The van der Waals surface area contributed by atoms with E-state index in [0.717, 1.165) is 5.56 Å². The van der Waals surface area contributed by atoms with Crippen LogP contribution in [0.25, 0.3) is 0 Å². The Labute approximate surface area is 182 Å². The molecule has 2 aliphatic rings. The van der Waals surface area contributed by atoms with E-state index >= 15 is 0 Å². The van der Waals surface area contributed by atoms with E-state index in [4.69, 9.17) is 27.9 Å². The third kappa shape index (κ3) is 3.86. The Morgan fingerprint density at radius 2 is 1.80 bits per heavy atom. The van der Waals surface area contributed by atoms with E-state index < -0.39 is 23.9 Å². The summed E-state index contributed by atoms with van der Waals surface area (Å²) < 4.78 is 5.16. The molecule has 0 radical (unpaired) electrons. The zero-order chi connectivity index (χ0) is 21.3. The van der Waals surface area contributed by atoms with Crippen molar-refractivity contribution in [3.8, 4) is 0 Å². The number of ether oxygens (including phenoxy) is 1. The molecule has 154 valence electrons. The third-order valence-electron chi connectivity index (χ3n) is 4.95. The van der Waals surface area contributed by atoms with Crippen LogP contribution in [0.4, 0.5) is 4.79 Å². The average molecular weight is 446 g/mol. The number of urea groups is 1. The van der Waals surface area contributed by atoms with Crippen molar-refractivity contribution in [1.29, 1.82) is 0 Å².